The summed E-state index contributed by atoms with van der Waals surface area (Å²) in [6, 6.07) is 31.8. The van der Waals surface area contributed by atoms with Gasteiger partial charge < -0.3 is 5.11 Å². The molecule has 0 spiro atoms. The van der Waals surface area contributed by atoms with Crippen LogP contribution in [0.4, 0.5) is 0 Å². The second-order valence-electron chi connectivity index (χ2n) is 20.9. The Balaban J connectivity index is 1.40. The van der Waals surface area contributed by atoms with Crippen LogP contribution >= 0.6 is 0 Å². The van der Waals surface area contributed by atoms with Gasteiger partial charge in [0.15, 0.2) is 0 Å². The van der Waals surface area contributed by atoms with Crippen LogP contribution in [0.5, 0.6) is 5.75 Å². The van der Waals surface area contributed by atoms with Crippen LogP contribution < -0.4 is 0 Å². The molecule has 0 fully saturated rings. The minimum atomic E-state index is -2.83. The van der Waals surface area contributed by atoms with E-state index < -0.39 is 53.8 Å². The first-order valence-corrected chi connectivity index (χ1v) is 22.5. The van der Waals surface area contributed by atoms with Crippen molar-refractivity contribution in [1.82, 2.24) is 14.5 Å². The predicted octanol–water partition coefficient (Wildman–Crippen LogP) is 16.9. The van der Waals surface area contributed by atoms with Crippen molar-refractivity contribution in [1.29, 1.82) is 0 Å². The molecule has 0 saturated carbocycles. The maximum Gasteiger partial charge on any atom is 0.149 e. The molecule has 6 aromatic carbocycles. The molecule has 8 aromatic rings. The molecule has 4 nitrogen and oxygen atoms in total. The number of phenolic OH excluding ortho intramolecular Hbond substituents is 1. The molecule has 2 aromatic heterocycles. The summed E-state index contributed by atoms with van der Waals surface area (Å²) in [4.78, 5) is 10.3. The number of phenols is 1. The van der Waals surface area contributed by atoms with Gasteiger partial charge in [-0.25, -0.2) is 4.98 Å². The van der Waals surface area contributed by atoms with E-state index >= 15 is 0 Å². The molecule has 0 atom stereocenters. The van der Waals surface area contributed by atoms with E-state index in [4.69, 9.17) is 22.3 Å². The fourth-order valence-corrected chi connectivity index (χ4v) is 8.62. The van der Waals surface area contributed by atoms with Gasteiger partial charge in [0.2, 0.25) is 0 Å². The zero-order valence-electron chi connectivity index (χ0n) is 49.2. The number of hydrogen-bond donors (Lipinski definition) is 1. The van der Waals surface area contributed by atoms with Crippen LogP contribution in [-0.4, -0.2) is 19.6 Å². The van der Waals surface area contributed by atoms with Crippen LogP contribution in [0.25, 0.3) is 72.7 Å². The summed E-state index contributed by atoms with van der Waals surface area (Å²) in [5.74, 6) is -1.19. The Hall–Kier alpha value is -6.26. The van der Waals surface area contributed by atoms with Crippen molar-refractivity contribution in [3.05, 3.63) is 167 Å². The van der Waals surface area contributed by atoms with Gasteiger partial charge in [0.05, 0.1) is 27.8 Å². The zero-order valence-corrected chi connectivity index (χ0v) is 40.2. The normalized spacial score (nSPS) is 15.0. The highest BCUT2D eigenvalue weighted by molar-refractivity contribution is 5.97. The number of rotatable bonds is 8. The molecular weight excluding hydrogens is 791 g/mol. The van der Waals surface area contributed by atoms with Gasteiger partial charge >= 0.3 is 0 Å². The summed E-state index contributed by atoms with van der Waals surface area (Å²) in [7, 11) is 0. The molecule has 0 radical (unpaired) electrons. The van der Waals surface area contributed by atoms with Crippen molar-refractivity contribution in [3.8, 4) is 67.5 Å². The Bertz CT molecular complexity index is 3440. The van der Waals surface area contributed by atoms with Gasteiger partial charge in [0, 0.05) is 35.4 Å². The fraction of sp³-hybridized carbons (Fsp3) is 0.311. The topological polar surface area (TPSA) is 50.9 Å². The smallest absolute Gasteiger partial charge is 0.149 e. The standard InChI is InChI=1S/C61H67N3O/c1-37(2)48-17-15-18-49(38(3)4)55(48)41-25-27-47(28-26-41)64-54-20-16-19-50(56(54)63-58(64)51-35-46(60(9,10)11)36-52(57(51)65)61(12,13)14)43-31-44(33-45(32-43)59(6,7)8)53-34-42(29-30-62-53)40-23-21-39(5)22-24-40/h15-38,65H,1-14H3/i5D3,21D,22D,23D,24D,37D,38D. The largest absolute Gasteiger partial charge is 0.507 e. The predicted molar refractivity (Wildman–Crippen MR) is 277 cm³/mol. The van der Waals surface area contributed by atoms with E-state index in [0.717, 1.165) is 66.8 Å². The summed E-state index contributed by atoms with van der Waals surface area (Å²) in [5, 5.41) is 12.5. The fourth-order valence-electron chi connectivity index (χ4n) is 8.62. The zero-order chi connectivity index (χ0) is 54.6. The van der Waals surface area contributed by atoms with Gasteiger partial charge in [0.25, 0.3) is 0 Å². The lowest BCUT2D eigenvalue weighted by atomic mass is 9.79. The number of imidazole rings is 1. The number of aromatic hydroxyl groups is 1. The number of para-hydroxylation sites is 1. The first-order valence-electron chi connectivity index (χ1n) is 27.0. The third-order valence-corrected chi connectivity index (χ3v) is 12.3. The summed E-state index contributed by atoms with van der Waals surface area (Å²) < 4.78 is 79.1. The molecule has 0 aliphatic rings. The van der Waals surface area contributed by atoms with Crippen LogP contribution in [0, 0.1) is 6.85 Å². The molecule has 1 N–H and O–H groups in total. The summed E-state index contributed by atoms with van der Waals surface area (Å²) >= 11 is 0. The molecule has 0 saturated heterocycles. The van der Waals surface area contributed by atoms with Crippen molar-refractivity contribution >= 4 is 11.0 Å². The first-order chi connectivity index (χ1) is 34.1. The van der Waals surface area contributed by atoms with E-state index in [-0.39, 0.29) is 22.1 Å². The van der Waals surface area contributed by atoms with Gasteiger partial charge in [-0.3, -0.25) is 9.55 Å². The number of fused-ring (bicyclic) bond motifs is 1. The molecular formula is C61H67N3O. The van der Waals surface area contributed by atoms with E-state index in [1.54, 1.807) is 18.3 Å². The second-order valence-corrected chi connectivity index (χ2v) is 20.9. The van der Waals surface area contributed by atoms with E-state index in [1.165, 1.54) is 0 Å². The van der Waals surface area contributed by atoms with Crippen molar-refractivity contribution in [2.24, 2.45) is 0 Å². The maximum absolute atomic E-state index is 12.5. The van der Waals surface area contributed by atoms with Gasteiger partial charge in [-0.15, -0.1) is 0 Å². The number of pyridine rings is 1. The lowest BCUT2D eigenvalue weighted by molar-refractivity contribution is 0.446. The van der Waals surface area contributed by atoms with Crippen LogP contribution in [0.3, 0.4) is 0 Å². The Morgan fingerprint density at radius 1 is 0.600 bits per heavy atom. The highest BCUT2D eigenvalue weighted by atomic mass is 16.3. The van der Waals surface area contributed by atoms with E-state index in [1.807, 2.05) is 94.4 Å². The van der Waals surface area contributed by atoms with Crippen molar-refractivity contribution in [2.45, 2.75) is 125 Å². The van der Waals surface area contributed by atoms with Crippen LogP contribution in [-0.2, 0) is 16.2 Å². The highest BCUT2D eigenvalue weighted by Crippen LogP contribution is 2.45. The number of hydrogen-bond acceptors (Lipinski definition) is 3. The Kier molecular flexibility index (Phi) is 9.14. The van der Waals surface area contributed by atoms with E-state index in [2.05, 4.69) is 91.1 Å². The molecule has 8 rings (SSSR count). The van der Waals surface area contributed by atoms with Crippen LogP contribution in [0.2, 0.25) is 0 Å². The van der Waals surface area contributed by atoms with Crippen molar-refractivity contribution < 1.29 is 17.4 Å². The van der Waals surface area contributed by atoms with E-state index in [0.29, 0.717) is 28.2 Å². The van der Waals surface area contributed by atoms with Crippen molar-refractivity contribution in [3.63, 3.8) is 0 Å². The third kappa shape index (κ3) is 8.93. The van der Waals surface area contributed by atoms with Gasteiger partial charge in [0.1, 0.15) is 11.6 Å². The van der Waals surface area contributed by atoms with Crippen molar-refractivity contribution in [2.75, 3.05) is 0 Å². The lowest BCUT2D eigenvalue weighted by Gasteiger charge is -2.27. The lowest BCUT2D eigenvalue weighted by Crippen LogP contribution is -2.17. The molecule has 65 heavy (non-hydrogen) atoms. The summed E-state index contributed by atoms with van der Waals surface area (Å²) in [5.41, 5.74) is 10.7. The number of nitrogens with zero attached hydrogens (tertiary/aromatic N) is 3. The van der Waals surface area contributed by atoms with Crippen LogP contribution in [0.1, 0.15) is 148 Å². The van der Waals surface area contributed by atoms with Crippen LogP contribution in [0.15, 0.2) is 133 Å². The van der Waals surface area contributed by atoms with Gasteiger partial charge in [-0.1, -0.05) is 174 Å². The summed E-state index contributed by atoms with van der Waals surface area (Å²) in [6.07, 6.45) is 1.56. The molecule has 2 heterocycles. The van der Waals surface area contributed by atoms with E-state index in [9.17, 15) is 5.11 Å². The molecule has 0 aliphatic heterocycles. The second kappa shape index (κ2) is 16.9. The molecule has 0 bridgehead atoms. The molecule has 0 aliphatic carbocycles. The number of aromatic nitrogens is 3. The SMILES string of the molecule is [2H]c1c([2H])c(C([2H])([2H])[2H])c([2H])c([2H])c1-c1ccnc(-c2cc(-c3cccc4c3nc(-c3cc(C(C)(C)C)cc(C(C)(C)C)c3O)n4-c3ccc(-c4c(C([2H])(C)C)cccc4C([2H])(C)C)cc3)cc(C(C)(C)C)c2)c1. The number of benzene rings is 6. The minimum Gasteiger partial charge on any atom is -0.507 e. The average Bonchev–Trinajstić information content (AvgIpc) is 3.68. The monoisotopic (exact) mass is 867 g/mol. The first kappa shape index (κ1) is 35.1. The molecule has 332 valence electrons. The third-order valence-electron chi connectivity index (χ3n) is 12.3. The maximum atomic E-state index is 12.5. The molecule has 0 unspecified atom stereocenters. The molecule has 0 amide bonds. The highest BCUT2D eigenvalue weighted by Gasteiger charge is 2.29. The Labute approximate surface area is 401 Å². The minimum absolute atomic E-state index is 0.0155. The van der Waals surface area contributed by atoms with Gasteiger partial charge in [-0.2, -0.15) is 0 Å². The average molecular weight is 867 g/mol. The molecule has 4 heteroatoms. The summed E-state index contributed by atoms with van der Waals surface area (Å²) in [6.45, 7) is 23.8. The Morgan fingerprint density at radius 2 is 1.22 bits per heavy atom. The quantitative estimate of drug-likeness (QED) is 0.166. The Morgan fingerprint density at radius 3 is 1.82 bits per heavy atom. The van der Waals surface area contributed by atoms with Gasteiger partial charge in [-0.05, 0) is 133 Å².